The van der Waals surface area contributed by atoms with Crippen molar-refractivity contribution in [1.82, 2.24) is 0 Å². The molecule has 5 heteroatoms. The Morgan fingerprint density at radius 3 is 2.71 bits per heavy atom. The van der Waals surface area contributed by atoms with Crippen molar-refractivity contribution in [3.63, 3.8) is 0 Å². The van der Waals surface area contributed by atoms with E-state index < -0.39 is 0 Å². The lowest BCUT2D eigenvalue weighted by atomic mass is 9.73. The molecular formula is C26H38BrNO3. The fourth-order valence-corrected chi connectivity index (χ4v) is 4.39. The van der Waals surface area contributed by atoms with E-state index in [0.717, 1.165) is 67.0 Å². The number of unbranched alkanes of at least 4 members (excludes halogenated alkanes) is 2. The van der Waals surface area contributed by atoms with Crippen LogP contribution in [0.4, 0.5) is 0 Å². The number of phenolic OH excluding ortho intramolecular Hbond substituents is 1. The Hall–Kier alpha value is -1.75. The van der Waals surface area contributed by atoms with E-state index in [4.69, 9.17) is 9.47 Å². The summed E-state index contributed by atoms with van der Waals surface area (Å²) in [6.45, 7) is 11.2. The molecule has 0 amide bonds. The zero-order valence-corrected chi connectivity index (χ0v) is 21.1. The summed E-state index contributed by atoms with van der Waals surface area (Å²) < 4.78 is 11.9. The van der Waals surface area contributed by atoms with Crippen LogP contribution >= 0.6 is 15.9 Å². The molecule has 0 aromatic heterocycles. The van der Waals surface area contributed by atoms with E-state index in [1.54, 1.807) is 7.05 Å². The van der Waals surface area contributed by atoms with Gasteiger partial charge in [0, 0.05) is 23.9 Å². The third kappa shape index (κ3) is 7.41. The van der Waals surface area contributed by atoms with E-state index in [-0.39, 0.29) is 23.7 Å². The highest BCUT2D eigenvalue weighted by molar-refractivity contribution is 9.09. The summed E-state index contributed by atoms with van der Waals surface area (Å²) in [5, 5.41) is 12.0. The van der Waals surface area contributed by atoms with Gasteiger partial charge in [-0.1, -0.05) is 59.5 Å². The average molecular weight is 492 g/mol. The standard InChI is InChI=1S/C26H38BrNO3/c1-6-7-8-10-20-16-23(29)25(22-15-19(4)11-12-21(22)18(2)3)24(17-20)31-26(28-5)30-14-9-13-27/h15-17,21-22,29H,2,6-14H2,1,3-5H3/b28-26-/t21-,22+/m0/s1. The van der Waals surface area contributed by atoms with Gasteiger partial charge in [-0.25, -0.2) is 4.99 Å². The lowest BCUT2D eigenvalue weighted by Crippen LogP contribution is -2.20. The Labute approximate surface area is 196 Å². The fourth-order valence-electron chi connectivity index (χ4n) is 4.16. The number of halogens is 1. The Morgan fingerprint density at radius 1 is 1.29 bits per heavy atom. The third-order valence-corrected chi connectivity index (χ3v) is 6.41. The van der Waals surface area contributed by atoms with Crippen LogP contribution in [0.5, 0.6) is 11.5 Å². The first kappa shape index (κ1) is 25.5. The Kier molecular flexibility index (Phi) is 10.7. The number of aromatic hydroxyl groups is 1. The van der Waals surface area contributed by atoms with Crippen molar-refractivity contribution in [2.75, 3.05) is 19.0 Å². The van der Waals surface area contributed by atoms with Crippen molar-refractivity contribution in [3.05, 3.63) is 47.1 Å². The number of aryl methyl sites for hydroxylation is 1. The molecule has 1 aromatic carbocycles. The number of phenols is 1. The van der Waals surface area contributed by atoms with E-state index in [1.165, 1.54) is 5.57 Å². The minimum atomic E-state index is 0.0200. The van der Waals surface area contributed by atoms with E-state index >= 15 is 0 Å². The van der Waals surface area contributed by atoms with Gasteiger partial charge in [-0.3, -0.25) is 0 Å². The van der Waals surface area contributed by atoms with E-state index in [2.05, 4.69) is 60.4 Å². The zero-order chi connectivity index (χ0) is 22.8. The third-order valence-electron chi connectivity index (χ3n) is 5.85. The maximum Gasteiger partial charge on any atom is 0.388 e. The zero-order valence-electron chi connectivity index (χ0n) is 19.5. The maximum atomic E-state index is 11.1. The number of aliphatic imine (C=N–C) groups is 1. The minimum Gasteiger partial charge on any atom is -0.507 e. The van der Waals surface area contributed by atoms with Crippen LogP contribution in [0.2, 0.25) is 0 Å². The lowest BCUT2D eigenvalue weighted by molar-refractivity contribution is 0.234. The van der Waals surface area contributed by atoms with Crippen LogP contribution < -0.4 is 4.74 Å². The van der Waals surface area contributed by atoms with Gasteiger partial charge in [-0.15, -0.1) is 0 Å². The topological polar surface area (TPSA) is 51.0 Å². The number of alkyl halides is 1. The van der Waals surface area contributed by atoms with Crippen molar-refractivity contribution >= 4 is 22.0 Å². The van der Waals surface area contributed by atoms with Gasteiger partial charge in [-0.2, -0.15) is 0 Å². The second kappa shape index (κ2) is 12.9. The highest BCUT2D eigenvalue weighted by atomic mass is 79.9. The molecule has 0 radical (unpaired) electrons. The molecule has 2 atom stereocenters. The molecule has 0 heterocycles. The van der Waals surface area contributed by atoms with Crippen molar-refractivity contribution < 1.29 is 14.6 Å². The van der Waals surface area contributed by atoms with Crippen LogP contribution in [0, 0.1) is 5.92 Å². The van der Waals surface area contributed by atoms with Crippen LogP contribution in [0.15, 0.2) is 40.9 Å². The Morgan fingerprint density at radius 2 is 2.06 bits per heavy atom. The molecule has 0 unspecified atom stereocenters. The Bertz CT molecular complexity index is 800. The molecule has 2 rings (SSSR count). The van der Waals surface area contributed by atoms with Gasteiger partial charge < -0.3 is 14.6 Å². The summed E-state index contributed by atoms with van der Waals surface area (Å²) in [5.74, 6) is 1.20. The Balaban J connectivity index is 2.47. The normalized spacial score (nSPS) is 19.1. The SMILES string of the molecule is C=C(C)[C@@H]1CCC(C)=C[C@H]1c1c(O)cc(CCCCC)cc1O/C(=N\C)OCCCBr. The predicted molar refractivity (Wildman–Crippen MR) is 134 cm³/mol. The molecule has 1 N–H and O–H groups in total. The highest BCUT2D eigenvalue weighted by Gasteiger charge is 2.31. The number of ether oxygens (including phenoxy) is 2. The van der Waals surface area contributed by atoms with Crippen LogP contribution in [-0.4, -0.2) is 30.2 Å². The van der Waals surface area contributed by atoms with Gasteiger partial charge in [0.05, 0.1) is 6.61 Å². The van der Waals surface area contributed by atoms with Gasteiger partial charge in [0.15, 0.2) is 0 Å². The molecule has 1 aliphatic rings. The summed E-state index contributed by atoms with van der Waals surface area (Å²) in [6, 6.07) is 3.95. The van der Waals surface area contributed by atoms with Crippen molar-refractivity contribution in [3.8, 4) is 11.5 Å². The summed E-state index contributed by atoms with van der Waals surface area (Å²) >= 11 is 3.42. The van der Waals surface area contributed by atoms with Crippen LogP contribution in [0.25, 0.3) is 0 Å². The van der Waals surface area contributed by atoms with Crippen LogP contribution in [0.3, 0.4) is 0 Å². The highest BCUT2D eigenvalue weighted by Crippen LogP contribution is 2.47. The van der Waals surface area contributed by atoms with E-state index in [1.807, 2.05) is 6.07 Å². The second-order valence-corrected chi connectivity index (χ2v) is 9.29. The number of allylic oxidation sites excluding steroid dienone is 3. The number of rotatable bonds is 10. The molecular weight excluding hydrogens is 454 g/mol. The molecule has 172 valence electrons. The second-order valence-electron chi connectivity index (χ2n) is 8.50. The largest absolute Gasteiger partial charge is 0.507 e. The first-order valence-electron chi connectivity index (χ1n) is 11.4. The van der Waals surface area contributed by atoms with Gasteiger partial charge in [-0.05, 0) is 69.6 Å². The lowest BCUT2D eigenvalue weighted by Gasteiger charge is -2.32. The molecule has 0 aliphatic heterocycles. The maximum absolute atomic E-state index is 11.1. The van der Waals surface area contributed by atoms with Crippen molar-refractivity contribution in [1.29, 1.82) is 0 Å². The monoisotopic (exact) mass is 491 g/mol. The first-order valence-corrected chi connectivity index (χ1v) is 12.5. The van der Waals surface area contributed by atoms with Crippen molar-refractivity contribution in [2.24, 2.45) is 10.9 Å². The van der Waals surface area contributed by atoms with Crippen molar-refractivity contribution in [2.45, 2.75) is 71.6 Å². The number of nitrogens with zero attached hydrogens (tertiary/aromatic N) is 1. The number of hydrogen-bond donors (Lipinski definition) is 1. The van der Waals surface area contributed by atoms with Gasteiger partial charge in [0.1, 0.15) is 11.5 Å². The fraction of sp³-hybridized carbons (Fsp3) is 0.577. The van der Waals surface area contributed by atoms with E-state index in [0.29, 0.717) is 12.4 Å². The molecule has 1 aliphatic carbocycles. The van der Waals surface area contributed by atoms with Gasteiger partial charge >= 0.3 is 6.08 Å². The number of hydrogen-bond acceptors (Lipinski definition) is 4. The summed E-state index contributed by atoms with van der Waals surface area (Å²) in [5.41, 5.74) is 4.34. The molecule has 0 bridgehead atoms. The molecule has 0 spiro atoms. The van der Waals surface area contributed by atoms with Gasteiger partial charge in [0.25, 0.3) is 0 Å². The molecule has 1 aromatic rings. The predicted octanol–water partition coefficient (Wildman–Crippen LogP) is 7.31. The van der Waals surface area contributed by atoms with Crippen LogP contribution in [0.1, 0.15) is 76.3 Å². The first-order chi connectivity index (χ1) is 14.9. The van der Waals surface area contributed by atoms with Gasteiger partial charge in [0.2, 0.25) is 0 Å². The average Bonchev–Trinajstić information content (AvgIpc) is 2.73. The minimum absolute atomic E-state index is 0.0200. The molecule has 31 heavy (non-hydrogen) atoms. The smallest absolute Gasteiger partial charge is 0.388 e. The quantitative estimate of drug-likeness (QED) is 0.123. The summed E-state index contributed by atoms with van der Waals surface area (Å²) in [7, 11) is 1.66. The summed E-state index contributed by atoms with van der Waals surface area (Å²) in [6.07, 6.45) is 9.75. The summed E-state index contributed by atoms with van der Waals surface area (Å²) in [4.78, 5) is 4.19. The number of benzene rings is 1. The molecule has 0 fully saturated rings. The van der Waals surface area contributed by atoms with Crippen LogP contribution in [-0.2, 0) is 11.2 Å². The molecule has 0 saturated carbocycles. The molecule has 4 nitrogen and oxygen atoms in total. The molecule has 0 saturated heterocycles. The van der Waals surface area contributed by atoms with E-state index in [9.17, 15) is 5.11 Å².